The number of carbonyl (C=O) groups is 2. The molecule has 2 aliphatic rings. The van der Waals surface area contributed by atoms with Crippen LogP contribution in [0.2, 0.25) is 0 Å². The number of ether oxygens (including phenoxy) is 2. The summed E-state index contributed by atoms with van der Waals surface area (Å²) in [5.41, 5.74) is 0.348. The second kappa shape index (κ2) is 8.61. The highest BCUT2D eigenvalue weighted by molar-refractivity contribution is 5.80. The first kappa shape index (κ1) is 19.5. The van der Waals surface area contributed by atoms with Crippen molar-refractivity contribution in [2.24, 2.45) is 11.3 Å². The molecule has 2 atom stereocenters. The van der Waals surface area contributed by atoms with E-state index in [1.807, 2.05) is 24.3 Å². The fourth-order valence-electron chi connectivity index (χ4n) is 4.19. The molecule has 2 fully saturated rings. The van der Waals surface area contributed by atoms with Gasteiger partial charge in [0, 0.05) is 26.2 Å². The van der Waals surface area contributed by atoms with E-state index in [1.165, 1.54) is 0 Å². The highest BCUT2D eigenvalue weighted by Crippen LogP contribution is 2.48. The molecule has 1 aromatic carbocycles. The molecule has 1 heterocycles. The van der Waals surface area contributed by atoms with Gasteiger partial charge in [0.1, 0.15) is 5.75 Å². The number of amides is 2. The number of benzene rings is 1. The van der Waals surface area contributed by atoms with Gasteiger partial charge in [-0.15, -0.1) is 0 Å². The molecule has 1 saturated heterocycles. The van der Waals surface area contributed by atoms with Gasteiger partial charge in [-0.1, -0.05) is 18.6 Å². The number of hydrogen-bond acceptors (Lipinski definition) is 4. The Morgan fingerprint density at radius 1 is 1.33 bits per heavy atom. The Kier molecular flexibility index (Phi) is 6.21. The van der Waals surface area contributed by atoms with Gasteiger partial charge in [0.25, 0.3) is 0 Å². The second-order valence-electron chi connectivity index (χ2n) is 7.42. The molecule has 0 unspecified atom stereocenters. The smallest absolute Gasteiger partial charge is 0.317 e. The van der Waals surface area contributed by atoms with E-state index < -0.39 is 11.4 Å². The van der Waals surface area contributed by atoms with E-state index in [0.29, 0.717) is 45.7 Å². The number of likely N-dealkylation sites (tertiary alicyclic amines) is 1. The number of rotatable bonds is 8. The topological polar surface area (TPSA) is 88.1 Å². The summed E-state index contributed by atoms with van der Waals surface area (Å²) >= 11 is 0. The molecule has 3 rings (SSSR count). The second-order valence-corrected chi connectivity index (χ2v) is 7.42. The van der Waals surface area contributed by atoms with Crippen molar-refractivity contribution in [2.75, 3.05) is 33.4 Å². The molecule has 2 amide bonds. The highest BCUT2D eigenvalue weighted by atomic mass is 16.5. The number of carbonyl (C=O) groups excluding carboxylic acids is 1. The quantitative estimate of drug-likeness (QED) is 0.681. The van der Waals surface area contributed by atoms with Crippen LogP contribution in [0.3, 0.4) is 0 Å². The number of nitrogens with zero attached hydrogens (tertiary/aromatic N) is 1. The Hall–Kier alpha value is -2.28. The monoisotopic (exact) mass is 376 g/mol. The van der Waals surface area contributed by atoms with Crippen LogP contribution in [0.25, 0.3) is 0 Å². The molecule has 1 aliphatic heterocycles. The van der Waals surface area contributed by atoms with E-state index >= 15 is 0 Å². The lowest BCUT2D eigenvalue weighted by molar-refractivity contribution is -0.149. The van der Waals surface area contributed by atoms with Crippen molar-refractivity contribution in [3.8, 4) is 5.75 Å². The van der Waals surface area contributed by atoms with Crippen LogP contribution in [0.4, 0.5) is 4.79 Å². The minimum Gasteiger partial charge on any atom is -0.497 e. The lowest BCUT2D eigenvalue weighted by Gasteiger charge is -2.23. The van der Waals surface area contributed by atoms with Crippen molar-refractivity contribution >= 4 is 12.0 Å². The molecule has 7 nitrogen and oxygen atoms in total. The Morgan fingerprint density at radius 3 is 2.78 bits per heavy atom. The first-order valence-corrected chi connectivity index (χ1v) is 9.52. The van der Waals surface area contributed by atoms with Crippen molar-refractivity contribution in [3.05, 3.63) is 29.8 Å². The van der Waals surface area contributed by atoms with Gasteiger partial charge in [-0.05, 0) is 42.9 Å². The molecule has 1 aliphatic carbocycles. The molecule has 0 spiro atoms. The van der Waals surface area contributed by atoms with Crippen molar-refractivity contribution in [1.82, 2.24) is 10.2 Å². The summed E-state index contributed by atoms with van der Waals surface area (Å²) in [6.07, 6.45) is 3.23. The summed E-state index contributed by atoms with van der Waals surface area (Å²) in [6, 6.07) is 7.55. The number of fused-ring (bicyclic) bond motifs is 1. The summed E-state index contributed by atoms with van der Waals surface area (Å²) in [5, 5.41) is 12.5. The number of nitrogens with one attached hydrogen (secondary N) is 1. The SMILES string of the molecule is COc1ccc(COCCCNC(=O)N2C[C@@H]3CCC[C@@]3(C(=O)O)C2)cc1. The zero-order valence-corrected chi connectivity index (χ0v) is 15.8. The van der Waals surface area contributed by atoms with Gasteiger partial charge < -0.3 is 24.8 Å². The van der Waals surface area contributed by atoms with Crippen LogP contribution in [-0.2, 0) is 16.1 Å². The van der Waals surface area contributed by atoms with Crippen LogP contribution in [-0.4, -0.2) is 55.4 Å². The Bertz CT molecular complexity index is 663. The predicted octanol–water partition coefficient (Wildman–Crippen LogP) is 2.50. The van der Waals surface area contributed by atoms with Crippen LogP contribution in [0, 0.1) is 11.3 Å². The van der Waals surface area contributed by atoms with E-state index in [4.69, 9.17) is 9.47 Å². The number of methoxy groups -OCH3 is 1. The lowest BCUT2D eigenvalue weighted by atomic mass is 9.81. The molecule has 27 heavy (non-hydrogen) atoms. The Balaban J connectivity index is 1.32. The van der Waals surface area contributed by atoms with Gasteiger partial charge in [-0.3, -0.25) is 4.79 Å². The van der Waals surface area contributed by atoms with E-state index in [1.54, 1.807) is 12.0 Å². The number of carboxylic acids is 1. The lowest BCUT2D eigenvalue weighted by Crippen LogP contribution is -2.42. The first-order valence-electron chi connectivity index (χ1n) is 9.52. The zero-order chi connectivity index (χ0) is 19.3. The molecule has 0 aromatic heterocycles. The van der Waals surface area contributed by atoms with Crippen LogP contribution < -0.4 is 10.1 Å². The van der Waals surface area contributed by atoms with Gasteiger partial charge in [0.2, 0.25) is 0 Å². The summed E-state index contributed by atoms with van der Waals surface area (Å²) < 4.78 is 10.7. The Morgan fingerprint density at radius 2 is 2.11 bits per heavy atom. The van der Waals surface area contributed by atoms with Gasteiger partial charge in [-0.25, -0.2) is 4.79 Å². The highest BCUT2D eigenvalue weighted by Gasteiger charge is 2.55. The van der Waals surface area contributed by atoms with Crippen LogP contribution in [0.15, 0.2) is 24.3 Å². The van der Waals surface area contributed by atoms with Gasteiger partial charge in [-0.2, -0.15) is 0 Å². The van der Waals surface area contributed by atoms with E-state index in [9.17, 15) is 14.7 Å². The summed E-state index contributed by atoms with van der Waals surface area (Å²) in [6.45, 7) is 2.46. The average Bonchev–Trinajstić information content (AvgIpc) is 3.23. The normalized spacial score (nSPS) is 23.9. The maximum Gasteiger partial charge on any atom is 0.317 e. The third kappa shape index (κ3) is 4.35. The molecule has 0 radical (unpaired) electrons. The molecule has 1 saturated carbocycles. The zero-order valence-electron chi connectivity index (χ0n) is 15.8. The Labute approximate surface area is 159 Å². The molecule has 0 bridgehead atoms. The maximum atomic E-state index is 12.3. The van der Waals surface area contributed by atoms with Crippen molar-refractivity contribution in [2.45, 2.75) is 32.3 Å². The van der Waals surface area contributed by atoms with Crippen molar-refractivity contribution in [3.63, 3.8) is 0 Å². The molecule has 148 valence electrons. The van der Waals surface area contributed by atoms with Gasteiger partial charge in [0.15, 0.2) is 0 Å². The standard InChI is InChI=1S/C20H28N2O5/c1-26-17-7-5-15(6-8-17)13-27-11-3-10-21-19(25)22-12-16-4-2-9-20(16,14-22)18(23)24/h5-8,16H,2-4,9-14H2,1H3,(H,21,25)(H,23,24)/t16-,20+/m0/s1. The molecular formula is C20H28N2O5. The van der Waals surface area contributed by atoms with E-state index in [-0.39, 0.29) is 11.9 Å². The fraction of sp³-hybridized carbons (Fsp3) is 0.600. The molecule has 2 N–H and O–H groups in total. The van der Waals surface area contributed by atoms with E-state index in [0.717, 1.165) is 24.2 Å². The van der Waals surface area contributed by atoms with Crippen LogP contribution >= 0.6 is 0 Å². The van der Waals surface area contributed by atoms with Crippen molar-refractivity contribution < 1.29 is 24.2 Å². The number of hydrogen-bond donors (Lipinski definition) is 2. The maximum absolute atomic E-state index is 12.3. The third-order valence-corrected chi connectivity index (χ3v) is 5.75. The molecular weight excluding hydrogens is 348 g/mol. The molecule has 7 heteroatoms. The predicted molar refractivity (Wildman–Crippen MR) is 99.6 cm³/mol. The van der Waals surface area contributed by atoms with Crippen molar-refractivity contribution in [1.29, 1.82) is 0 Å². The minimum absolute atomic E-state index is 0.0913. The first-order chi connectivity index (χ1) is 13.0. The molecule has 1 aromatic rings. The van der Waals surface area contributed by atoms with Gasteiger partial charge in [0.05, 0.1) is 19.1 Å². The summed E-state index contributed by atoms with van der Waals surface area (Å²) in [7, 11) is 1.63. The number of carboxylic acid groups (broad SMARTS) is 1. The number of aliphatic carboxylic acids is 1. The third-order valence-electron chi connectivity index (χ3n) is 5.75. The van der Waals surface area contributed by atoms with Crippen LogP contribution in [0.1, 0.15) is 31.2 Å². The van der Waals surface area contributed by atoms with E-state index in [2.05, 4.69) is 5.32 Å². The van der Waals surface area contributed by atoms with Gasteiger partial charge >= 0.3 is 12.0 Å². The summed E-state index contributed by atoms with van der Waals surface area (Å²) in [4.78, 5) is 25.7. The summed E-state index contributed by atoms with van der Waals surface area (Å²) in [5.74, 6) is 0.151. The average molecular weight is 376 g/mol. The fourth-order valence-corrected chi connectivity index (χ4v) is 4.19. The van der Waals surface area contributed by atoms with Crippen LogP contribution in [0.5, 0.6) is 5.75 Å². The largest absolute Gasteiger partial charge is 0.497 e. The number of urea groups is 1. The minimum atomic E-state index is -0.757.